The highest BCUT2D eigenvalue weighted by Gasteiger charge is 2.18. The van der Waals surface area contributed by atoms with Gasteiger partial charge in [-0.25, -0.2) is 4.98 Å². The molecule has 1 aliphatic heterocycles. The van der Waals surface area contributed by atoms with Gasteiger partial charge in [0.05, 0.1) is 5.02 Å². The Kier molecular flexibility index (Phi) is 3.52. The molecule has 1 saturated heterocycles. The molecule has 2 nitrogen and oxygen atoms in total. The van der Waals surface area contributed by atoms with Gasteiger partial charge in [-0.05, 0) is 40.8 Å². The van der Waals surface area contributed by atoms with Crippen LogP contribution >= 0.6 is 27.5 Å². The van der Waals surface area contributed by atoms with E-state index in [0.29, 0.717) is 0 Å². The molecule has 1 aliphatic rings. The van der Waals surface area contributed by atoms with Crippen molar-refractivity contribution in [1.29, 1.82) is 0 Å². The Morgan fingerprint density at radius 3 is 2.73 bits per heavy atom. The van der Waals surface area contributed by atoms with Gasteiger partial charge in [-0.3, -0.25) is 0 Å². The summed E-state index contributed by atoms with van der Waals surface area (Å²) in [4.78, 5) is 6.65. The van der Waals surface area contributed by atoms with E-state index in [-0.39, 0.29) is 0 Å². The van der Waals surface area contributed by atoms with Crippen LogP contribution in [0.15, 0.2) is 16.7 Å². The van der Waals surface area contributed by atoms with E-state index in [2.05, 4.69) is 32.7 Å². The van der Waals surface area contributed by atoms with Crippen LogP contribution in [0.5, 0.6) is 0 Å². The topological polar surface area (TPSA) is 16.1 Å². The molecule has 0 spiro atoms. The Bertz CT molecular complexity index is 348. The van der Waals surface area contributed by atoms with E-state index >= 15 is 0 Å². The summed E-state index contributed by atoms with van der Waals surface area (Å²) < 4.78 is 0.932. The maximum Gasteiger partial charge on any atom is 0.147 e. The van der Waals surface area contributed by atoms with Gasteiger partial charge < -0.3 is 4.90 Å². The third kappa shape index (κ3) is 2.64. The second-order valence-corrected chi connectivity index (χ2v) is 5.45. The van der Waals surface area contributed by atoms with Gasteiger partial charge in [0, 0.05) is 23.8 Å². The Morgan fingerprint density at radius 2 is 2.13 bits per heavy atom. The first-order valence-electron chi connectivity index (χ1n) is 5.23. The lowest BCUT2D eigenvalue weighted by Gasteiger charge is -2.31. The summed E-state index contributed by atoms with van der Waals surface area (Å²) in [5.74, 6) is 1.75. The van der Waals surface area contributed by atoms with Gasteiger partial charge in [0.2, 0.25) is 0 Å². The van der Waals surface area contributed by atoms with Crippen molar-refractivity contribution < 1.29 is 0 Å². The second kappa shape index (κ2) is 4.71. The molecule has 0 aromatic carbocycles. The number of piperidine rings is 1. The summed E-state index contributed by atoms with van der Waals surface area (Å²) in [6, 6.07) is 1.90. The van der Waals surface area contributed by atoms with Crippen LogP contribution in [0.25, 0.3) is 0 Å². The predicted molar refractivity (Wildman–Crippen MR) is 67.6 cm³/mol. The lowest BCUT2D eigenvalue weighted by Crippen LogP contribution is -2.33. The van der Waals surface area contributed by atoms with Crippen LogP contribution in [0, 0.1) is 5.92 Å². The summed E-state index contributed by atoms with van der Waals surface area (Å²) in [6.07, 6.45) is 4.27. The standard InChI is InChI=1S/C11H14BrClN2/c1-8-2-4-15(5-3-8)11-10(13)6-9(12)7-14-11/h6-8H,2-5H2,1H3. The molecule has 0 aliphatic carbocycles. The third-order valence-electron chi connectivity index (χ3n) is 2.87. The molecule has 15 heavy (non-hydrogen) atoms. The molecule has 0 radical (unpaired) electrons. The van der Waals surface area contributed by atoms with E-state index in [1.807, 2.05) is 6.07 Å². The average Bonchev–Trinajstić information content (AvgIpc) is 2.20. The third-order valence-corrected chi connectivity index (χ3v) is 3.58. The number of halogens is 2. The molecule has 1 fully saturated rings. The van der Waals surface area contributed by atoms with E-state index in [1.54, 1.807) is 6.20 Å². The fraction of sp³-hybridized carbons (Fsp3) is 0.545. The zero-order chi connectivity index (χ0) is 10.8. The SMILES string of the molecule is CC1CCN(c2ncc(Br)cc2Cl)CC1. The zero-order valence-corrected chi connectivity index (χ0v) is 11.1. The highest BCUT2D eigenvalue weighted by molar-refractivity contribution is 9.10. The number of hydrogen-bond donors (Lipinski definition) is 0. The Labute approximate surface area is 104 Å². The monoisotopic (exact) mass is 288 g/mol. The molecule has 4 heteroatoms. The fourth-order valence-corrected chi connectivity index (χ4v) is 2.61. The first kappa shape index (κ1) is 11.2. The molecule has 0 amide bonds. The number of rotatable bonds is 1. The highest BCUT2D eigenvalue weighted by atomic mass is 79.9. The van der Waals surface area contributed by atoms with Gasteiger partial charge in [-0.15, -0.1) is 0 Å². The van der Waals surface area contributed by atoms with Gasteiger partial charge in [-0.2, -0.15) is 0 Å². The van der Waals surface area contributed by atoms with E-state index in [1.165, 1.54) is 12.8 Å². The van der Waals surface area contributed by atoms with Crippen LogP contribution in [-0.4, -0.2) is 18.1 Å². The maximum absolute atomic E-state index is 6.17. The summed E-state index contributed by atoms with van der Waals surface area (Å²) in [5.41, 5.74) is 0. The summed E-state index contributed by atoms with van der Waals surface area (Å²) in [6.45, 7) is 4.43. The predicted octanol–water partition coefficient (Wildman–Crippen LogP) is 3.73. The maximum atomic E-state index is 6.17. The highest BCUT2D eigenvalue weighted by Crippen LogP contribution is 2.29. The number of pyridine rings is 1. The molecular formula is C11H14BrClN2. The van der Waals surface area contributed by atoms with Crippen LogP contribution in [0.3, 0.4) is 0 Å². The van der Waals surface area contributed by atoms with Gasteiger partial charge in [-0.1, -0.05) is 18.5 Å². The minimum atomic E-state index is 0.735. The minimum absolute atomic E-state index is 0.735. The number of nitrogens with zero attached hydrogens (tertiary/aromatic N) is 2. The van der Waals surface area contributed by atoms with Crippen molar-refractivity contribution in [3.63, 3.8) is 0 Å². The van der Waals surface area contributed by atoms with Gasteiger partial charge in [0.25, 0.3) is 0 Å². The molecule has 0 bridgehead atoms. The molecule has 1 aromatic heterocycles. The molecule has 82 valence electrons. The minimum Gasteiger partial charge on any atom is -0.355 e. The quantitative estimate of drug-likeness (QED) is 0.783. The van der Waals surface area contributed by atoms with Crippen molar-refractivity contribution in [2.24, 2.45) is 5.92 Å². The summed E-state index contributed by atoms with van der Waals surface area (Å²) in [7, 11) is 0. The van der Waals surface area contributed by atoms with Crippen LogP contribution in [0.1, 0.15) is 19.8 Å². The summed E-state index contributed by atoms with van der Waals surface area (Å²) in [5, 5.41) is 0.735. The molecule has 2 heterocycles. The van der Waals surface area contributed by atoms with Crippen molar-refractivity contribution in [1.82, 2.24) is 4.98 Å². The summed E-state index contributed by atoms with van der Waals surface area (Å²) >= 11 is 9.53. The second-order valence-electron chi connectivity index (χ2n) is 4.13. The van der Waals surface area contributed by atoms with Gasteiger partial charge in [0.1, 0.15) is 5.82 Å². The molecule has 0 unspecified atom stereocenters. The average molecular weight is 290 g/mol. The van der Waals surface area contributed by atoms with E-state index in [0.717, 1.165) is 34.3 Å². The molecule has 0 atom stereocenters. The largest absolute Gasteiger partial charge is 0.355 e. The Balaban J connectivity index is 2.15. The number of aromatic nitrogens is 1. The first-order chi connectivity index (χ1) is 7.16. The van der Waals surface area contributed by atoms with Crippen LogP contribution in [-0.2, 0) is 0 Å². The lowest BCUT2D eigenvalue weighted by atomic mass is 9.99. The molecule has 0 N–H and O–H groups in total. The van der Waals surface area contributed by atoms with E-state index < -0.39 is 0 Å². The van der Waals surface area contributed by atoms with Crippen molar-refractivity contribution in [2.75, 3.05) is 18.0 Å². The van der Waals surface area contributed by atoms with E-state index in [9.17, 15) is 0 Å². The van der Waals surface area contributed by atoms with Crippen molar-refractivity contribution in [3.8, 4) is 0 Å². The van der Waals surface area contributed by atoms with Crippen molar-refractivity contribution >= 4 is 33.3 Å². The smallest absolute Gasteiger partial charge is 0.147 e. The molecular weight excluding hydrogens is 275 g/mol. The Morgan fingerprint density at radius 1 is 1.47 bits per heavy atom. The van der Waals surface area contributed by atoms with Crippen LogP contribution in [0.4, 0.5) is 5.82 Å². The van der Waals surface area contributed by atoms with Gasteiger partial charge >= 0.3 is 0 Å². The fourth-order valence-electron chi connectivity index (χ4n) is 1.86. The van der Waals surface area contributed by atoms with Crippen molar-refractivity contribution in [2.45, 2.75) is 19.8 Å². The first-order valence-corrected chi connectivity index (χ1v) is 6.40. The Hall–Kier alpha value is -0.280. The molecule has 2 rings (SSSR count). The molecule has 0 saturated carbocycles. The zero-order valence-electron chi connectivity index (χ0n) is 8.71. The molecule has 1 aromatic rings. The normalized spacial score (nSPS) is 18.2. The number of hydrogen-bond acceptors (Lipinski definition) is 2. The van der Waals surface area contributed by atoms with Crippen LogP contribution < -0.4 is 4.90 Å². The van der Waals surface area contributed by atoms with Crippen LogP contribution in [0.2, 0.25) is 5.02 Å². The lowest BCUT2D eigenvalue weighted by molar-refractivity contribution is 0.436. The van der Waals surface area contributed by atoms with E-state index in [4.69, 9.17) is 11.6 Å². The van der Waals surface area contributed by atoms with Crippen molar-refractivity contribution in [3.05, 3.63) is 21.8 Å². The number of anilines is 1. The van der Waals surface area contributed by atoms with Gasteiger partial charge in [0.15, 0.2) is 0 Å².